The number of aromatic nitrogens is 1. The van der Waals surface area contributed by atoms with E-state index in [1.54, 1.807) is 6.20 Å². The van der Waals surface area contributed by atoms with Crippen molar-refractivity contribution < 1.29 is 9.59 Å². The second-order valence-corrected chi connectivity index (χ2v) is 4.34. The molecule has 1 heterocycles. The molecule has 2 rings (SSSR count). The second-order valence-electron chi connectivity index (χ2n) is 4.34. The van der Waals surface area contributed by atoms with Crippen LogP contribution in [0.4, 0.5) is 0 Å². The molecule has 1 aromatic carbocycles. The molecule has 0 radical (unpaired) electrons. The van der Waals surface area contributed by atoms with Crippen LogP contribution in [0.5, 0.6) is 0 Å². The fourth-order valence-corrected chi connectivity index (χ4v) is 1.86. The first-order valence-corrected chi connectivity index (χ1v) is 6.03. The average Bonchev–Trinajstić information content (AvgIpc) is 2.77. The Bertz CT molecular complexity index is 599. The molecule has 18 heavy (non-hydrogen) atoms. The number of ketones is 1. The van der Waals surface area contributed by atoms with Gasteiger partial charge in [-0.15, -0.1) is 0 Å². The van der Waals surface area contributed by atoms with Gasteiger partial charge in [0.15, 0.2) is 0 Å². The number of rotatable bonds is 4. The maximum absolute atomic E-state index is 12.0. The Morgan fingerprint density at radius 2 is 2.11 bits per heavy atom. The van der Waals surface area contributed by atoms with Crippen molar-refractivity contribution in [1.29, 1.82) is 0 Å². The fraction of sp³-hybridized carbons (Fsp3) is 0.286. The normalized spacial score (nSPS) is 10.6. The molecule has 0 fully saturated rings. The summed E-state index contributed by atoms with van der Waals surface area (Å²) in [6.07, 6.45) is 2.41. The first-order valence-electron chi connectivity index (χ1n) is 6.03. The molecule has 0 saturated carbocycles. The Balaban J connectivity index is 2.33. The van der Waals surface area contributed by atoms with Crippen LogP contribution in [-0.2, 0) is 4.79 Å². The van der Waals surface area contributed by atoms with Crippen LogP contribution < -0.4 is 5.32 Å². The second kappa shape index (κ2) is 5.04. The zero-order valence-electron chi connectivity index (χ0n) is 10.5. The van der Waals surface area contributed by atoms with Crippen molar-refractivity contribution in [2.45, 2.75) is 20.3 Å². The Kier molecular flexibility index (Phi) is 3.46. The van der Waals surface area contributed by atoms with E-state index in [0.29, 0.717) is 12.1 Å². The van der Waals surface area contributed by atoms with Gasteiger partial charge in [-0.25, -0.2) is 0 Å². The van der Waals surface area contributed by atoms with Gasteiger partial charge < -0.3 is 10.3 Å². The highest BCUT2D eigenvalue weighted by atomic mass is 16.2. The van der Waals surface area contributed by atoms with E-state index >= 15 is 0 Å². The predicted octanol–water partition coefficient (Wildman–Crippen LogP) is 2.19. The largest absolute Gasteiger partial charge is 0.360 e. The highest BCUT2D eigenvalue weighted by molar-refractivity contribution is 6.44. The zero-order chi connectivity index (χ0) is 13.1. The molecule has 4 nitrogen and oxygen atoms in total. The fourth-order valence-electron chi connectivity index (χ4n) is 1.86. The van der Waals surface area contributed by atoms with Gasteiger partial charge in [-0.05, 0) is 25.5 Å². The summed E-state index contributed by atoms with van der Waals surface area (Å²) in [5.74, 6) is -1.03. The molecule has 0 spiro atoms. The lowest BCUT2D eigenvalue weighted by atomic mass is 10.1. The van der Waals surface area contributed by atoms with Crippen LogP contribution in [0.15, 0.2) is 24.4 Å². The molecule has 4 heteroatoms. The number of H-pyrrole nitrogens is 1. The SMILES string of the molecule is CCCNC(=O)C(=O)c1c[nH]c2ccc(C)cc12. The maximum atomic E-state index is 12.0. The van der Waals surface area contributed by atoms with Gasteiger partial charge in [0.2, 0.25) is 0 Å². The summed E-state index contributed by atoms with van der Waals surface area (Å²) in [5, 5.41) is 3.40. The molecule has 0 aliphatic carbocycles. The van der Waals surface area contributed by atoms with Crippen LogP contribution >= 0.6 is 0 Å². The van der Waals surface area contributed by atoms with E-state index in [1.165, 1.54) is 0 Å². The number of Topliss-reactive ketones (excluding diaryl/α,β-unsaturated/α-hetero) is 1. The quantitative estimate of drug-likeness (QED) is 0.639. The number of carbonyl (C=O) groups is 2. The lowest BCUT2D eigenvalue weighted by molar-refractivity contribution is -0.116. The molecular weight excluding hydrogens is 228 g/mol. The molecule has 2 N–H and O–H groups in total. The summed E-state index contributed by atoms with van der Waals surface area (Å²) < 4.78 is 0. The molecule has 2 aromatic rings. The van der Waals surface area contributed by atoms with Gasteiger partial charge in [0.25, 0.3) is 11.7 Å². The molecule has 1 amide bonds. The van der Waals surface area contributed by atoms with Gasteiger partial charge in [0.05, 0.1) is 5.56 Å². The number of aryl methyl sites for hydroxylation is 1. The number of carbonyl (C=O) groups excluding carboxylic acids is 2. The van der Waals surface area contributed by atoms with Gasteiger partial charge in [-0.1, -0.05) is 18.6 Å². The van der Waals surface area contributed by atoms with Crippen molar-refractivity contribution >= 4 is 22.6 Å². The van der Waals surface area contributed by atoms with Crippen LogP contribution in [-0.4, -0.2) is 23.2 Å². The van der Waals surface area contributed by atoms with Crippen LogP contribution in [0, 0.1) is 6.92 Å². The molecule has 0 atom stereocenters. The van der Waals surface area contributed by atoms with Crippen LogP contribution in [0.25, 0.3) is 10.9 Å². The maximum Gasteiger partial charge on any atom is 0.292 e. The minimum atomic E-state index is -0.542. The zero-order valence-corrected chi connectivity index (χ0v) is 10.5. The van der Waals surface area contributed by atoms with E-state index in [0.717, 1.165) is 22.9 Å². The van der Waals surface area contributed by atoms with Crippen LogP contribution in [0.2, 0.25) is 0 Å². The Labute approximate surface area is 105 Å². The number of hydrogen-bond donors (Lipinski definition) is 2. The summed E-state index contributed by atoms with van der Waals surface area (Å²) >= 11 is 0. The summed E-state index contributed by atoms with van der Waals surface area (Å²) in [5.41, 5.74) is 2.36. The lowest BCUT2D eigenvalue weighted by Gasteiger charge is -2.01. The minimum absolute atomic E-state index is 0.433. The number of fused-ring (bicyclic) bond motifs is 1. The summed E-state index contributed by atoms with van der Waals surface area (Å²) in [6.45, 7) is 4.42. The molecule has 0 aliphatic rings. The van der Waals surface area contributed by atoms with Crippen molar-refractivity contribution in [3.05, 3.63) is 35.5 Å². The average molecular weight is 244 g/mol. The van der Waals surface area contributed by atoms with E-state index in [1.807, 2.05) is 32.0 Å². The van der Waals surface area contributed by atoms with E-state index in [-0.39, 0.29) is 0 Å². The third-order valence-corrected chi connectivity index (χ3v) is 2.82. The predicted molar refractivity (Wildman–Crippen MR) is 70.7 cm³/mol. The molecule has 0 bridgehead atoms. The molecule has 94 valence electrons. The first-order chi connectivity index (χ1) is 8.63. The van der Waals surface area contributed by atoms with E-state index in [4.69, 9.17) is 0 Å². The standard InChI is InChI=1S/C14H16N2O2/c1-3-6-15-14(18)13(17)11-8-16-12-5-4-9(2)7-10(11)12/h4-5,7-8,16H,3,6H2,1-2H3,(H,15,18). The number of aromatic amines is 1. The van der Waals surface area contributed by atoms with Crippen LogP contribution in [0.1, 0.15) is 29.3 Å². The monoisotopic (exact) mass is 244 g/mol. The third-order valence-electron chi connectivity index (χ3n) is 2.82. The molecule has 0 unspecified atom stereocenters. The number of nitrogens with one attached hydrogen (secondary N) is 2. The van der Waals surface area contributed by atoms with Crippen molar-refractivity contribution in [3.8, 4) is 0 Å². The molecule has 0 saturated heterocycles. The molecule has 0 aliphatic heterocycles. The summed E-state index contributed by atoms with van der Waals surface area (Å²) in [4.78, 5) is 26.7. The van der Waals surface area contributed by atoms with Crippen LogP contribution in [0.3, 0.4) is 0 Å². The van der Waals surface area contributed by atoms with Crippen molar-refractivity contribution in [1.82, 2.24) is 10.3 Å². The van der Waals surface area contributed by atoms with Gasteiger partial charge in [-0.2, -0.15) is 0 Å². The highest BCUT2D eigenvalue weighted by Crippen LogP contribution is 2.20. The van der Waals surface area contributed by atoms with E-state index in [2.05, 4.69) is 10.3 Å². The topological polar surface area (TPSA) is 62.0 Å². The smallest absolute Gasteiger partial charge is 0.292 e. The number of hydrogen-bond acceptors (Lipinski definition) is 2. The summed E-state index contributed by atoms with van der Waals surface area (Å²) in [6, 6.07) is 5.78. The first kappa shape index (κ1) is 12.4. The highest BCUT2D eigenvalue weighted by Gasteiger charge is 2.19. The van der Waals surface area contributed by atoms with Crippen molar-refractivity contribution in [3.63, 3.8) is 0 Å². The van der Waals surface area contributed by atoms with Gasteiger partial charge in [-0.3, -0.25) is 9.59 Å². The number of amides is 1. The minimum Gasteiger partial charge on any atom is -0.360 e. The molecular formula is C14H16N2O2. The van der Waals surface area contributed by atoms with E-state index < -0.39 is 11.7 Å². The Morgan fingerprint density at radius 1 is 1.33 bits per heavy atom. The summed E-state index contributed by atoms with van der Waals surface area (Å²) in [7, 11) is 0. The Hall–Kier alpha value is -2.10. The van der Waals surface area contributed by atoms with Crippen molar-refractivity contribution in [2.24, 2.45) is 0 Å². The molecule has 1 aromatic heterocycles. The number of benzene rings is 1. The third kappa shape index (κ3) is 2.27. The van der Waals surface area contributed by atoms with E-state index in [9.17, 15) is 9.59 Å². The van der Waals surface area contributed by atoms with Gasteiger partial charge in [0.1, 0.15) is 0 Å². The van der Waals surface area contributed by atoms with Gasteiger partial charge in [0, 0.05) is 23.6 Å². The van der Waals surface area contributed by atoms with Gasteiger partial charge >= 0.3 is 0 Å². The lowest BCUT2D eigenvalue weighted by Crippen LogP contribution is -2.31. The van der Waals surface area contributed by atoms with Crippen molar-refractivity contribution in [2.75, 3.05) is 6.54 Å². The Morgan fingerprint density at radius 3 is 2.83 bits per heavy atom.